The molecule has 148 valence electrons. The first-order valence-electron chi connectivity index (χ1n) is 9.62. The summed E-state index contributed by atoms with van der Waals surface area (Å²) in [4.78, 5) is 22.6. The van der Waals surface area contributed by atoms with Crippen molar-refractivity contribution >= 4 is 11.9 Å². The summed E-state index contributed by atoms with van der Waals surface area (Å²) >= 11 is 0. The fourth-order valence-electron chi connectivity index (χ4n) is 3.47. The van der Waals surface area contributed by atoms with E-state index < -0.39 is 5.97 Å². The van der Waals surface area contributed by atoms with Crippen molar-refractivity contribution in [3.05, 3.63) is 82.2 Å². The van der Waals surface area contributed by atoms with E-state index in [2.05, 4.69) is 33.1 Å². The molecule has 2 aromatic carbocycles. The van der Waals surface area contributed by atoms with Gasteiger partial charge in [-0.2, -0.15) is 0 Å². The first kappa shape index (κ1) is 18.9. The summed E-state index contributed by atoms with van der Waals surface area (Å²) in [7, 11) is 0. The number of carbonyl (C=O) groups is 1. The van der Waals surface area contributed by atoms with E-state index in [0.717, 1.165) is 18.5 Å². The molecule has 0 spiro atoms. The van der Waals surface area contributed by atoms with Crippen LogP contribution in [0.1, 0.15) is 38.3 Å². The highest BCUT2D eigenvalue weighted by Crippen LogP contribution is 2.23. The Morgan fingerprint density at radius 2 is 1.93 bits per heavy atom. The Bertz CT molecular complexity index is 1060. The van der Waals surface area contributed by atoms with Crippen molar-refractivity contribution in [3.8, 4) is 5.75 Å². The third-order valence-corrected chi connectivity index (χ3v) is 5.35. The van der Waals surface area contributed by atoms with Gasteiger partial charge < -0.3 is 14.7 Å². The molecule has 0 unspecified atom stereocenters. The first-order chi connectivity index (χ1) is 14.0. The normalized spacial score (nSPS) is 13.1. The van der Waals surface area contributed by atoms with Gasteiger partial charge in [-0.25, -0.2) is 14.8 Å². The molecule has 4 rings (SSSR count). The third-order valence-electron chi connectivity index (χ3n) is 5.35. The van der Waals surface area contributed by atoms with Crippen molar-refractivity contribution in [1.82, 2.24) is 9.97 Å². The second-order valence-corrected chi connectivity index (χ2v) is 7.31. The maximum Gasteiger partial charge on any atom is 0.339 e. The highest BCUT2D eigenvalue weighted by atomic mass is 16.5. The molecule has 1 aliphatic heterocycles. The van der Waals surface area contributed by atoms with Crippen LogP contribution in [0, 0.1) is 13.8 Å². The number of aromatic nitrogens is 2. The van der Waals surface area contributed by atoms with E-state index in [9.17, 15) is 9.90 Å². The van der Waals surface area contributed by atoms with E-state index in [1.807, 2.05) is 38.1 Å². The molecule has 6 heteroatoms. The summed E-state index contributed by atoms with van der Waals surface area (Å²) < 4.78 is 5.85. The van der Waals surface area contributed by atoms with Gasteiger partial charge in [0.25, 0.3) is 0 Å². The predicted octanol–water partition coefficient (Wildman–Crippen LogP) is 3.93. The zero-order valence-electron chi connectivity index (χ0n) is 16.6. The molecular weight excluding hydrogens is 366 g/mol. The van der Waals surface area contributed by atoms with Gasteiger partial charge in [0.05, 0.1) is 5.69 Å². The second kappa shape index (κ2) is 7.91. The zero-order chi connectivity index (χ0) is 20.4. The molecule has 0 fully saturated rings. The monoisotopic (exact) mass is 389 g/mol. The SMILES string of the molecule is Cc1ccc(OCc2nc(N3CCc4ccccc4C3)ncc2C(=O)O)cc1C. The fraction of sp³-hybridized carbons (Fsp3) is 0.261. The van der Waals surface area contributed by atoms with Gasteiger partial charge in [-0.1, -0.05) is 30.3 Å². The van der Waals surface area contributed by atoms with E-state index in [4.69, 9.17) is 4.74 Å². The van der Waals surface area contributed by atoms with Crippen LogP contribution >= 0.6 is 0 Å². The molecule has 0 aliphatic carbocycles. The van der Waals surface area contributed by atoms with Crippen LogP contribution in [0.2, 0.25) is 0 Å². The minimum absolute atomic E-state index is 0.0648. The number of carboxylic acid groups (broad SMARTS) is 1. The number of aromatic carboxylic acids is 1. The molecule has 0 atom stereocenters. The lowest BCUT2D eigenvalue weighted by molar-refractivity contribution is 0.0692. The summed E-state index contributed by atoms with van der Waals surface area (Å²) in [5, 5.41) is 9.53. The Balaban J connectivity index is 1.57. The summed E-state index contributed by atoms with van der Waals surface area (Å²) in [6, 6.07) is 14.1. The summed E-state index contributed by atoms with van der Waals surface area (Å²) in [5.41, 5.74) is 5.32. The maximum atomic E-state index is 11.6. The van der Waals surface area contributed by atoms with Gasteiger partial charge in [-0.15, -0.1) is 0 Å². The average Bonchev–Trinajstić information content (AvgIpc) is 2.74. The highest BCUT2D eigenvalue weighted by molar-refractivity contribution is 5.88. The van der Waals surface area contributed by atoms with Gasteiger partial charge in [-0.3, -0.25) is 0 Å². The van der Waals surface area contributed by atoms with Crippen LogP contribution < -0.4 is 9.64 Å². The number of aryl methyl sites for hydroxylation is 2. The molecule has 0 amide bonds. The van der Waals surface area contributed by atoms with Gasteiger partial charge >= 0.3 is 5.97 Å². The lowest BCUT2D eigenvalue weighted by Crippen LogP contribution is -2.32. The van der Waals surface area contributed by atoms with Crippen LogP contribution in [0.25, 0.3) is 0 Å². The zero-order valence-corrected chi connectivity index (χ0v) is 16.6. The maximum absolute atomic E-state index is 11.6. The van der Waals surface area contributed by atoms with Crippen molar-refractivity contribution in [2.75, 3.05) is 11.4 Å². The minimum Gasteiger partial charge on any atom is -0.487 e. The number of hydrogen-bond acceptors (Lipinski definition) is 5. The van der Waals surface area contributed by atoms with Crippen molar-refractivity contribution in [1.29, 1.82) is 0 Å². The minimum atomic E-state index is -1.06. The van der Waals surface area contributed by atoms with E-state index >= 15 is 0 Å². The van der Waals surface area contributed by atoms with Gasteiger partial charge in [0.1, 0.15) is 17.9 Å². The second-order valence-electron chi connectivity index (χ2n) is 7.31. The average molecular weight is 389 g/mol. The van der Waals surface area contributed by atoms with Crippen molar-refractivity contribution in [2.45, 2.75) is 33.4 Å². The van der Waals surface area contributed by atoms with Crippen LogP contribution in [-0.4, -0.2) is 27.6 Å². The van der Waals surface area contributed by atoms with Crippen LogP contribution in [0.4, 0.5) is 5.95 Å². The Kier molecular flexibility index (Phi) is 5.16. The molecular formula is C23H23N3O3. The van der Waals surface area contributed by atoms with Gasteiger partial charge in [0.15, 0.2) is 0 Å². The molecule has 0 saturated heterocycles. The molecule has 3 aromatic rings. The van der Waals surface area contributed by atoms with E-state index in [1.54, 1.807) is 0 Å². The van der Waals surface area contributed by atoms with Crippen molar-refractivity contribution in [3.63, 3.8) is 0 Å². The summed E-state index contributed by atoms with van der Waals surface area (Å²) in [6.45, 7) is 5.63. The lowest BCUT2D eigenvalue weighted by Gasteiger charge is -2.29. The van der Waals surface area contributed by atoms with Crippen LogP contribution in [0.15, 0.2) is 48.7 Å². The smallest absolute Gasteiger partial charge is 0.339 e. The largest absolute Gasteiger partial charge is 0.487 e. The lowest BCUT2D eigenvalue weighted by atomic mass is 10.0. The highest BCUT2D eigenvalue weighted by Gasteiger charge is 2.21. The number of anilines is 1. The molecule has 1 N–H and O–H groups in total. The van der Waals surface area contributed by atoms with E-state index in [0.29, 0.717) is 23.9 Å². The third kappa shape index (κ3) is 4.06. The molecule has 0 radical (unpaired) electrons. The standard InChI is InChI=1S/C23H23N3O3/c1-15-7-8-19(11-16(15)2)29-14-21-20(22(27)28)12-24-23(25-21)26-10-9-17-5-3-4-6-18(17)13-26/h3-8,11-12H,9-10,13-14H2,1-2H3,(H,27,28). The van der Waals surface area contributed by atoms with Crippen LogP contribution in [0.5, 0.6) is 5.75 Å². The number of fused-ring (bicyclic) bond motifs is 1. The molecule has 29 heavy (non-hydrogen) atoms. The predicted molar refractivity (Wildman–Crippen MR) is 110 cm³/mol. The molecule has 0 bridgehead atoms. The number of carboxylic acids is 1. The molecule has 6 nitrogen and oxygen atoms in total. The van der Waals surface area contributed by atoms with Crippen molar-refractivity contribution < 1.29 is 14.6 Å². The van der Waals surface area contributed by atoms with Gasteiger partial charge in [-0.05, 0) is 54.7 Å². The number of nitrogens with zero attached hydrogens (tertiary/aromatic N) is 3. The number of ether oxygens (including phenoxy) is 1. The van der Waals surface area contributed by atoms with Crippen LogP contribution in [0.3, 0.4) is 0 Å². The first-order valence-corrected chi connectivity index (χ1v) is 9.62. The van der Waals surface area contributed by atoms with Crippen LogP contribution in [-0.2, 0) is 19.6 Å². The summed E-state index contributed by atoms with van der Waals surface area (Å²) in [6.07, 6.45) is 2.29. The quantitative estimate of drug-likeness (QED) is 0.713. The molecule has 0 saturated carbocycles. The number of rotatable bonds is 5. The van der Waals surface area contributed by atoms with E-state index in [-0.39, 0.29) is 12.2 Å². The Labute approximate surface area is 169 Å². The molecule has 2 heterocycles. The molecule has 1 aromatic heterocycles. The Morgan fingerprint density at radius 1 is 1.14 bits per heavy atom. The number of hydrogen-bond donors (Lipinski definition) is 1. The van der Waals surface area contributed by atoms with Gasteiger partial charge in [0.2, 0.25) is 5.95 Å². The Hall–Kier alpha value is -3.41. The van der Waals surface area contributed by atoms with Gasteiger partial charge in [0, 0.05) is 19.3 Å². The summed E-state index contributed by atoms with van der Waals surface area (Å²) in [5.74, 6) is 0.166. The Morgan fingerprint density at radius 3 is 2.69 bits per heavy atom. The number of benzene rings is 2. The topological polar surface area (TPSA) is 75.5 Å². The van der Waals surface area contributed by atoms with E-state index in [1.165, 1.54) is 22.9 Å². The van der Waals surface area contributed by atoms with Crippen molar-refractivity contribution in [2.24, 2.45) is 0 Å². The molecule has 1 aliphatic rings. The fourth-order valence-corrected chi connectivity index (χ4v) is 3.47.